The molecule has 3 aromatic rings. The van der Waals surface area contributed by atoms with Crippen molar-refractivity contribution in [2.45, 2.75) is 78.3 Å². The molecule has 0 spiro atoms. The Hall–Kier alpha value is -3.73. The van der Waals surface area contributed by atoms with Gasteiger partial charge in [0.15, 0.2) is 11.5 Å². The van der Waals surface area contributed by atoms with Gasteiger partial charge < -0.3 is 29.4 Å². The summed E-state index contributed by atoms with van der Waals surface area (Å²) in [6.07, 6.45) is 6.03. The SMILES string of the molecule is Cc1cc(C)c(CNC(=O)c2cc(-c3ccc(CN4CCOCC4)nc3)c3c(c2C)OC(C)(C2CCC(N(C)C)CC2)O3)c(=O)[nH]1. The van der Waals surface area contributed by atoms with Crippen LogP contribution in [0.15, 0.2) is 35.3 Å². The van der Waals surface area contributed by atoms with Crippen molar-refractivity contribution in [1.82, 2.24) is 25.1 Å². The van der Waals surface area contributed by atoms with Crippen molar-refractivity contribution in [3.8, 4) is 22.6 Å². The number of amides is 1. The lowest BCUT2D eigenvalue weighted by Crippen LogP contribution is -2.46. The summed E-state index contributed by atoms with van der Waals surface area (Å²) in [7, 11) is 4.29. The van der Waals surface area contributed by atoms with Gasteiger partial charge in [0.05, 0.1) is 18.9 Å². The molecule has 1 saturated heterocycles. The number of morpholine rings is 1. The van der Waals surface area contributed by atoms with Gasteiger partial charge in [-0.3, -0.25) is 19.5 Å². The molecule has 2 N–H and O–H groups in total. The number of hydrogen-bond donors (Lipinski definition) is 2. The molecule has 1 aliphatic carbocycles. The summed E-state index contributed by atoms with van der Waals surface area (Å²) in [4.78, 5) is 38.7. The molecular weight excluding hydrogens is 582 g/mol. The number of rotatable bonds is 8. The normalized spacial score (nSPS) is 23.1. The number of carbonyl (C=O) groups is 1. The molecule has 4 heterocycles. The predicted octanol–water partition coefficient (Wildman–Crippen LogP) is 4.73. The molecule has 1 atom stereocenters. The summed E-state index contributed by atoms with van der Waals surface area (Å²) < 4.78 is 19.0. The van der Waals surface area contributed by atoms with Gasteiger partial charge >= 0.3 is 0 Å². The van der Waals surface area contributed by atoms with Crippen molar-refractivity contribution < 1.29 is 19.0 Å². The zero-order valence-electron chi connectivity index (χ0n) is 28.0. The van der Waals surface area contributed by atoms with Crippen LogP contribution < -0.4 is 20.3 Å². The minimum absolute atomic E-state index is 0.119. The Labute approximate surface area is 271 Å². The van der Waals surface area contributed by atoms with Crippen LogP contribution in [0.4, 0.5) is 0 Å². The van der Waals surface area contributed by atoms with E-state index >= 15 is 0 Å². The molecular formula is C36H47N5O5. The Balaban J connectivity index is 1.31. The van der Waals surface area contributed by atoms with Crippen molar-refractivity contribution in [3.63, 3.8) is 0 Å². The topological polar surface area (TPSA) is 109 Å². The third kappa shape index (κ3) is 6.56. The summed E-state index contributed by atoms with van der Waals surface area (Å²) in [6, 6.07) is 8.44. The monoisotopic (exact) mass is 629 g/mol. The van der Waals surface area contributed by atoms with Crippen LogP contribution in [0.25, 0.3) is 11.1 Å². The summed E-state index contributed by atoms with van der Waals surface area (Å²) in [5, 5.41) is 2.99. The number of H-pyrrole nitrogens is 1. The van der Waals surface area contributed by atoms with E-state index < -0.39 is 5.79 Å². The first-order valence-corrected chi connectivity index (χ1v) is 16.5. The number of aromatic nitrogens is 2. The van der Waals surface area contributed by atoms with Crippen LogP contribution in [0.5, 0.6) is 11.5 Å². The van der Waals surface area contributed by atoms with Crippen LogP contribution in [0, 0.1) is 26.7 Å². The van der Waals surface area contributed by atoms with Crippen LogP contribution in [0.3, 0.4) is 0 Å². The molecule has 6 rings (SSSR count). The van der Waals surface area contributed by atoms with E-state index in [0.717, 1.165) is 86.6 Å². The third-order valence-corrected chi connectivity index (χ3v) is 10.1. The number of ether oxygens (including phenoxy) is 3. The minimum Gasteiger partial charge on any atom is -0.448 e. The highest BCUT2D eigenvalue weighted by Gasteiger charge is 2.47. The van der Waals surface area contributed by atoms with Gasteiger partial charge in [-0.2, -0.15) is 0 Å². The number of aryl methyl sites for hydroxylation is 2. The maximum Gasteiger partial charge on any atom is 0.253 e. The number of fused-ring (bicyclic) bond motifs is 1. The lowest BCUT2D eigenvalue weighted by molar-refractivity contribution is -0.123. The fraction of sp³-hybridized carbons (Fsp3) is 0.528. The zero-order chi connectivity index (χ0) is 32.6. The van der Waals surface area contributed by atoms with Gasteiger partial charge in [-0.25, -0.2) is 0 Å². The Morgan fingerprint density at radius 1 is 1.07 bits per heavy atom. The van der Waals surface area contributed by atoms with Gasteiger partial charge in [-0.15, -0.1) is 0 Å². The molecule has 0 radical (unpaired) electrons. The van der Waals surface area contributed by atoms with E-state index in [0.29, 0.717) is 34.2 Å². The highest BCUT2D eigenvalue weighted by Crippen LogP contribution is 2.52. The van der Waals surface area contributed by atoms with Crippen molar-refractivity contribution in [1.29, 1.82) is 0 Å². The van der Waals surface area contributed by atoms with Gasteiger partial charge in [0.25, 0.3) is 17.3 Å². The van der Waals surface area contributed by atoms with E-state index in [2.05, 4.69) is 34.2 Å². The fourth-order valence-corrected chi connectivity index (χ4v) is 7.15. The molecule has 10 nitrogen and oxygen atoms in total. The minimum atomic E-state index is -0.843. The van der Waals surface area contributed by atoms with Crippen LogP contribution in [0.2, 0.25) is 0 Å². The first-order valence-electron chi connectivity index (χ1n) is 16.5. The van der Waals surface area contributed by atoms with Crippen LogP contribution >= 0.6 is 0 Å². The first-order chi connectivity index (χ1) is 22.0. The summed E-state index contributed by atoms with van der Waals surface area (Å²) in [6.45, 7) is 11.8. The Morgan fingerprint density at radius 3 is 2.43 bits per heavy atom. The van der Waals surface area contributed by atoms with E-state index in [1.54, 1.807) is 0 Å². The highest BCUT2D eigenvalue weighted by molar-refractivity contribution is 5.99. The number of nitrogens with zero attached hydrogens (tertiary/aromatic N) is 3. The number of aromatic amines is 1. The van der Waals surface area contributed by atoms with Crippen molar-refractivity contribution in [2.75, 3.05) is 40.4 Å². The molecule has 1 unspecified atom stereocenters. The van der Waals surface area contributed by atoms with E-state index in [9.17, 15) is 9.59 Å². The average molecular weight is 630 g/mol. The van der Waals surface area contributed by atoms with E-state index in [-0.39, 0.29) is 23.9 Å². The second-order valence-corrected chi connectivity index (χ2v) is 13.5. The number of benzene rings is 1. The molecule has 1 amide bonds. The van der Waals surface area contributed by atoms with Gasteiger partial charge in [-0.05, 0) is 84.3 Å². The average Bonchev–Trinajstić information content (AvgIpc) is 3.41. The molecule has 0 bridgehead atoms. The molecule has 1 aromatic carbocycles. The molecule has 3 aliphatic rings. The number of hydrogen-bond acceptors (Lipinski definition) is 8. The van der Waals surface area contributed by atoms with Crippen LogP contribution in [-0.2, 0) is 17.8 Å². The van der Waals surface area contributed by atoms with Gasteiger partial charge in [-0.1, -0.05) is 6.07 Å². The zero-order valence-corrected chi connectivity index (χ0v) is 28.0. The van der Waals surface area contributed by atoms with E-state index in [4.69, 9.17) is 19.2 Å². The number of nitrogens with one attached hydrogen (secondary N) is 2. The Morgan fingerprint density at radius 2 is 1.78 bits per heavy atom. The first kappa shape index (κ1) is 32.2. The summed E-state index contributed by atoms with van der Waals surface area (Å²) in [5.74, 6) is 0.346. The quantitative estimate of drug-likeness (QED) is 0.368. The highest BCUT2D eigenvalue weighted by atomic mass is 16.7. The standard InChI is InChI=1S/C36H47N5O5/c1-22-17-23(2)39-35(43)31(22)20-38-34(42)29-18-30(25-7-10-27(37-19-25)21-41-13-15-44-16-14-41)33-32(24(29)3)45-36(4,46-33)26-8-11-28(12-9-26)40(5)6/h7,10,17-19,26,28H,8-9,11-16,20-21H2,1-6H3,(H,38,42)(H,39,43). The molecule has 10 heteroatoms. The summed E-state index contributed by atoms with van der Waals surface area (Å²) in [5.41, 5.74) is 5.78. The van der Waals surface area contributed by atoms with Crippen molar-refractivity contribution >= 4 is 5.91 Å². The van der Waals surface area contributed by atoms with Gasteiger partial charge in [0.1, 0.15) is 0 Å². The van der Waals surface area contributed by atoms with Crippen molar-refractivity contribution in [3.05, 3.63) is 74.5 Å². The summed E-state index contributed by atoms with van der Waals surface area (Å²) >= 11 is 0. The second-order valence-electron chi connectivity index (χ2n) is 13.5. The van der Waals surface area contributed by atoms with Gasteiger partial charge in [0.2, 0.25) is 0 Å². The molecule has 46 heavy (non-hydrogen) atoms. The van der Waals surface area contributed by atoms with Crippen LogP contribution in [0.1, 0.15) is 71.0 Å². The molecule has 2 aliphatic heterocycles. The third-order valence-electron chi connectivity index (χ3n) is 10.1. The molecule has 1 saturated carbocycles. The lowest BCUT2D eigenvalue weighted by Gasteiger charge is -2.39. The van der Waals surface area contributed by atoms with Crippen molar-refractivity contribution in [2.24, 2.45) is 5.92 Å². The molecule has 246 valence electrons. The maximum atomic E-state index is 13.8. The number of pyridine rings is 2. The van der Waals surface area contributed by atoms with Gasteiger partial charge in [0, 0.05) is 84.8 Å². The largest absolute Gasteiger partial charge is 0.448 e. The maximum absolute atomic E-state index is 13.8. The molecule has 2 fully saturated rings. The predicted molar refractivity (Wildman–Crippen MR) is 177 cm³/mol. The second kappa shape index (κ2) is 13.2. The van der Waals surface area contributed by atoms with Crippen LogP contribution in [-0.4, -0.2) is 77.9 Å². The fourth-order valence-electron chi connectivity index (χ4n) is 7.15. The van der Waals surface area contributed by atoms with E-state index in [1.165, 1.54) is 0 Å². The van der Waals surface area contributed by atoms with E-state index in [1.807, 2.05) is 58.2 Å². The Bertz CT molecular complexity index is 1640. The lowest BCUT2D eigenvalue weighted by atomic mass is 9.81. The molecule has 2 aromatic heterocycles. The smallest absolute Gasteiger partial charge is 0.253 e. The Kier molecular flexibility index (Phi) is 9.23. The number of carbonyl (C=O) groups excluding carboxylic acids is 1.